The van der Waals surface area contributed by atoms with Crippen LogP contribution < -0.4 is 10.6 Å². The maximum Gasteiger partial charge on any atom is 0.253 e. The van der Waals surface area contributed by atoms with E-state index in [1.165, 1.54) is 28.9 Å². The van der Waals surface area contributed by atoms with Gasteiger partial charge in [-0.3, -0.25) is 9.59 Å². The van der Waals surface area contributed by atoms with Crippen molar-refractivity contribution in [3.05, 3.63) is 63.7 Å². The van der Waals surface area contributed by atoms with Crippen LogP contribution in [0, 0.1) is 0 Å². The van der Waals surface area contributed by atoms with Crippen LogP contribution in [0.1, 0.15) is 52.9 Å². The third-order valence-corrected chi connectivity index (χ3v) is 5.64. The predicted octanol–water partition coefficient (Wildman–Crippen LogP) is 4.21. The summed E-state index contributed by atoms with van der Waals surface area (Å²) in [7, 11) is 3.39. The minimum Gasteiger partial charge on any atom is -0.375 e. The molecule has 29 heavy (non-hydrogen) atoms. The highest BCUT2D eigenvalue weighted by atomic mass is 35.5. The highest BCUT2D eigenvalue weighted by Crippen LogP contribution is 2.25. The largest absolute Gasteiger partial charge is 0.375 e. The lowest BCUT2D eigenvalue weighted by Crippen LogP contribution is -2.32. The summed E-state index contributed by atoms with van der Waals surface area (Å²) in [6.45, 7) is 2.07. The quantitative estimate of drug-likeness (QED) is 0.745. The van der Waals surface area contributed by atoms with E-state index in [4.69, 9.17) is 11.6 Å². The first-order valence-electron chi connectivity index (χ1n) is 10.0. The summed E-state index contributed by atoms with van der Waals surface area (Å²) in [5.74, 6) is -0.245. The maximum absolute atomic E-state index is 12.4. The number of benzene rings is 2. The molecular weight excluding hydrogens is 386 g/mol. The number of amides is 2. The Bertz CT molecular complexity index is 911. The molecule has 0 saturated carbocycles. The first-order valence-corrected chi connectivity index (χ1v) is 10.4. The van der Waals surface area contributed by atoms with Crippen molar-refractivity contribution in [1.82, 2.24) is 10.2 Å². The zero-order chi connectivity index (χ0) is 21.0. The number of carbonyl (C=O) groups is 2. The molecule has 0 heterocycles. The molecule has 2 aromatic rings. The standard InChI is InChI=1S/C23H28ClN3O2/c1-15(17-9-8-16-6-4-5-7-18(16)12-17)26-22(28)14-25-21-13-19(10-11-20(21)24)23(29)27(2)3/h8-13,15,25H,4-7,14H2,1-3H3,(H,26,28). The Kier molecular flexibility index (Phi) is 6.80. The summed E-state index contributed by atoms with van der Waals surface area (Å²) >= 11 is 6.21. The van der Waals surface area contributed by atoms with Crippen molar-refractivity contribution in [2.24, 2.45) is 0 Å². The van der Waals surface area contributed by atoms with E-state index in [9.17, 15) is 9.59 Å². The Hall–Kier alpha value is -2.53. The minimum absolute atomic E-state index is 0.0753. The predicted molar refractivity (Wildman–Crippen MR) is 118 cm³/mol. The molecule has 2 aromatic carbocycles. The first kappa shape index (κ1) is 21.2. The van der Waals surface area contributed by atoms with Gasteiger partial charge in [-0.25, -0.2) is 0 Å². The van der Waals surface area contributed by atoms with Gasteiger partial charge >= 0.3 is 0 Å². The molecule has 1 atom stereocenters. The highest BCUT2D eigenvalue weighted by molar-refractivity contribution is 6.33. The van der Waals surface area contributed by atoms with E-state index < -0.39 is 0 Å². The fraction of sp³-hybridized carbons (Fsp3) is 0.391. The van der Waals surface area contributed by atoms with Gasteiger partial charge in [0.15, 0.2) is 0 Å². The van der Waals surface area contributed by atoms with Crippen LogP contribution in [0.3, 0.4) is 0 Å². The normalized spacial score (nSPS) is 13.9. The van der Waals surface area contributed by atoms with E-state index in [2.05, 4.69) is 28.8 Å². The van der Waals surface area contributed by atoms with E-state index in [-0.39, 0.29) is 24.4 Å². The molecule has 0 saturated heterocycles. The summed E-state index contributed by atoms with van der Waals surface area (Å²) in [6.07, 6.45) is 4.76. The number of hydrogen-bond donors (Lipinski definition) is 2. The van der Waals surface area contributed by atoms with Gasteiger partial charge in [-0.05, 0) is 67.5 Å². The molecule has 1 unspecified atom stereocenters. The van der Waals surface area contributed by atoms with E-state index >= 15 is 0 Å². The number of nitrogens with one attached hydrogen (secondary N) is 2. The average molecular weight is 414 g/mol. The van der Waals surface area contributed by atoms with Gasteiger partial charge in [-0.2, -0.15) is 0 Å². The molecule has 0 fully saturated rings. The van der Waals surface area contributed by atoms with Gasteiger partial charge in [0.2, 0.25) is 5.91 Å². The zero-order valence-corrected chi connectivity index (χ0v) is 18.0. The summed E-state index contributed by atoms with van der Waals surface area (Å²) < 4.78 is 0. The van der Waals surface area contributed by atoms with Crippen LogP contribution in [-0.2, 0) is 17.6 Å². The van der Waals surface area contributed by atoms with E-state index in [0.717, 1.165) is 18.4 Å². The number of carbonyl (C=O) groups excluding carboxylic acids is 2. The second-order valence-electron chi connectivity index (χ2n) is 7.77. The SMILES string of the molecule is CC(NC(=O)CNc1cc(C(=O)N(C)C)ccc1Cl)c1ccc2c(c1)CCCC2. The number of halogens is 1. The van der Waals surface area contributed by atoms with Gasteiger partial charge < -0.3 is 15.5 Å². The van der Waals surface area contributed by atoms with Gasteiger partial charge in [0.25, 0.3) is 5.91 Å². The molecule has 1 aliphatic rings. The smallest absolute Gasteiger partial charge is 0.253 e. The van der Waals surface area contributed by atoms with Crippen LogP contribution in [0.25, 0.3) is 0 Å². The second-order valence-corrected chi connectivity index (χ2v) is 8.18. The van der Waals surface area contributed by atoms with E-state index in [1.54, 1.807) is 32.3 Å². The monoisotopic (exact) mass is 413 g/mol. The lowest BCUT2D eigenvalue weighted by molar-refractivity contribution is -0.120. The Morgan fingerprint density at radius 2 is 1.79 bits per heavy atom. The van der Waals surface area contributed by atoms with Gasteiger partial charge in [0.1, 0.15) is 0 Å². The molecule has 0 bridgehead atoms. The Morgan fingerprint density at radius 1 is 1.07 bits per heavy atom. The van der Waals surface area contributed by atoms with Gasteiger partial charge in [0.05, 0.1) is 23.3 Å². The van der Waals surface area contributed by atoms with Crippen molar-refractivity contribution >= 4 is 29.1 Å². The third-order valence-electron chi connectivity index (χ3n) is 5.31. The Balaban J connectivity index is 1.60. The molecule has 2 amide bonds. The summed E-state index contributed by atoms with van der Waals surface area (Å²) in [4.78, 5) is 26.1. The van der Waals surface area contributed by atoms with Crippen LogP contribution in [0.15, 0.2) is 36.4 Å². The molecule has 5 nitrogen and oxygen atoms in total. The van der Waals surface area contributed by atoms with Crippen LogP contribution in [0.2, 0.25) is 5.02 Å². The molecule has 0 aliphatic heterocycles. The van der Waals surface area contributed by atoms with Crippen molar-refractivity contribution in [2.45, 2.75) is 38.6 Å². The van der Waals surface area contributed by atoms with E-state index in [1.807, 2.05) is 6.92 Å². The molecular formula is C23H28ClN3O2. The molecule has 3 rings (SSSR count). The molecule has 0 radical (unpaired) electrons. The second kappa shape index (κ2) is 9.31. The number of aryl methyl sites for hydroxylation is 2. The summed E-state index contributed by atoms with van der Waals surface area (Å²) in [6, 6.07) is 11.5. The zero-order valence-electron chi connectivity index (χ0n) is 17.2. The molecule has 0 aromatic heterocycles. The first-order chi connectivity index (χ1) is 13.8. The number of hydrogen-bond acceptors (Lipinski definition) is 3. The van der Waals surface area contributed by atoms with Crippen LogP contribution in [0.4, 0.5) is 5.69 Å². The van der Waals surface area contributed by atoms with Crippen molar-refractivity contribution < 1.29 is 9.59 Å². The third kappa shape index (κ3) is 5.30. The van der Waals surface area contributed by atoms with Crippen molar-refractivity contribution in [3.63, 3.8) is 0 Å². The van der Waals surface area contributed by atoms with Crippen LogP contribution in [0.5, 0.6) is 0 Å². The number of nitrogens with zero attached hydrogens (tertiary/aromatic N) is 1. The van der Waals surface area contributed by atoms with Gasteiger partial charge in [0, 0.05) is 19.7 Å². The topological polar surface area (TPSA) is 61.4 Å². The molecule has 6 heteroatoms. The minimum atomic E-state index is -0.129. The Morgan fingerprint density at radius 3 is 2.52 bits per heavy atom. The van der Waals surface area contributed by atoms with Gasteiger partial charge in [-0.1, -0.05) is 29.8 Å². The number of anilines is 1. The van der Waals surface area contributed by atoms with Crippen LogP contribution in [-0.4, -0.2) is 37.4 Å². The van der Waals surface area contributed by atoms with E-state index in [0.29, 0.717) is 16.3 Å². The van der Waals surface area contributed by atoms with Crippen molar-refractivity contribution in [3.8, 4) is 0 Å². The molecule has 1 aliphatic carbocycles. The highest BCUT2D eigenvalue weighted by Gasteiger charge is 2.15. The lowest BCUT2D eigenvalue weighted by atomic mass is 9.89. The van der Waals surface area contributed by atoms with Crippen molar-refractivity contribution in [2.75, 3.05) is 26.0 Å². The molecule has 0 spiro atoms. The number of rotatable bonds is 6. The lowest BCUT2D eigenvalue weighted by Gasteiger charge is -2.20. The molecule has 2 N–H and O–H groups in total. The van der Waals surface area contributed by atoms with Crippen molar-refractivity contribution in [1.29, 1.82) is 0 Å². The number of fused-ring (bicyclic) bond motifs is 1. The maximum atomic E-state index is 12.4. The van der Waals surface area contributed by atoms with Crippen LogP contribution >= 0.6 is 11.6 Å². The Labute approximate surface area is 177 Å². The average Bonchev–Trinajstić information content (AvgIpc) is 2.72. The molecule has 154 valence electrons. The summed E-state index contributed by atoms with van der Waals surface area (Å²) in [5.41, 5.74) is 5.04. The van der Waals surface area contributed by atoms with Gasteiger partial charge in [-0.15, -0.1) is 0 Å². The fourth-order valence-corrected chi connectivity index (χ4v) is 3.81. The fourth-order valence-electron chi connectivity index (χ4n) is 3.63. The summed E-state index contributed by atoms with van der Waals surface area (Å²) in [5, 5.41) is 6.54.